The van der Waals surface area contributed by atoms with Crippen LogP contribution < -0.4 is 4.72 Å². The van der Waals surface area contributed by atoms with Crippen LogP contribution in [0.4, 0.5) is 0 Å². The summed E-state index contributed by atoms with van der Waals surface area (Å²) in [4.78, 5) is 13.7. The Kier molecular flexibility index (Phi) is 5.96. The first-order valence-electron chi connectivity index (χ1n) is 8.55. The molecule has 0 atom stereocenters. The molecule has 5 nitrogen and oxygen atoms in total. The fourth-order valence-electron chi connectivity index (χ4n) is 2.94. The number of amides is 1. The molecule has 1 aliphatic rings. The van der Waals surface area contributed by atoms with Gasteiger partial charge in [0.25, 0.3) is 0 Å². The number of hydrogen-bond donors (Lipinski definition) is 1. The van der Waals surface area contributed by atoms with Gasteiger partial charge in [0.05, 0.1) is 4.90 Å². The zero-order valence-electron chi connectivity index (χ0n) is 14.3. The Hall–Kier alpha value is -1.89. The van der Waals surface area contributed by atoms with Crippen molar-refractivity contribution in [3.05, 3.63) is 64.7 Å². The van der Waals surface area contributed by atoms with Crippen LogP contribution in [0, 0.1) is 0 Å². The van der Waals surface area contributed by atoms with Crippen LogP contribution in [-0.4, -0.2) is 32.3 Å². The third-order valence-corrected chi connectivity index (χ3v) is 6.27. The van der Waals surface area contributed by atoms with Crippen LogP contribution >= 0.6 is 11.6 Å². The zero-order valence-corrected chi connectivity index (χ0v) is 15.9. The van der Waals surface area contributed by atoms with Crippen molar-refractivity contribution in [2.24, 2.45) is 0 Å². The molecule has 138 valence electrons. The first-order valence-corrected chi connectivity index (χ1v) is 10.4. The SMILES string of the molecule is O=C1CCCN1CCc1ccc(S(=O)(=O)NCc2ccccc2Cl)cc1. The topological polar surface area (TPSA) is 66.5 Å². The van der Waals surface area contributed by atoms with Gasteiger partial charge in [-0.15, -0.1) is 0 Å². The molecular formula is C19H21ClN2O3S. The highest BCUT2D eigenvalue weighted by molar-refractivity contribution is 7.89. The van der Waals surface area contributed by atoms with E-state index in [1.807, 2.05) is 11.0 Å². The number of rotatable bonds is 7. The van der Waals surface area contributed by atoms with Crippen LogP contribution in [0.1, 0.15) is 24.0 Å². The number of carbonyl (C=O) groups is 1. The Bertz CT molecular complexity index is 882. The van der Waals surface area contributed by atoms with Crippen LogP contribution in [0.15, 0.2) is 53.4 Å². The number of nitrogens with one attached hydrogen (secondary N) is 1. The standard InChI is InChI=1S/C19H21ClN2O3S/c20-18-5-2-1-4-16(18)14-21-26(24,25)17-9-7-15(8-10-17)11-13-22-12-3-6-19(22)23/h1-2,4-5,7-10,21H,3,6,11-14H2. The lowest BCUT2D eigenvalue weighted by atomic mass is 10.1. The zero-order chi connectivity index (χ0) is 18.6. The van der Waals surface area contributed by atoms with E-state index in [-0.39, 0.29) is 17.3 Å². The Labute approximate surface area is 159 Å². The molecule has 7 heteroatoms. The van der Waals surface area contributed by atoms with Crippen LogP contribution in [-0.2, 0) is 27.8 Å². The molecule has 0 bridgehead atoms. The number of hydrogen-bond acceptors (Lipinski definition) is 3. The van der Waals surface area contributed by atoms with Crippen LogP contribution in [0.2, 0.25) is 5.02 Å². The molecule has 0 spiro atoms. The number of carbonyl (C=O) groups excluding carboxylic acids is 1. The second-order valence-electron chi connectivity index (χ2n) is 6.29. The van der Waals surface area contributed by atoms with Gasteiger partial charge in [-0.3, -0.25) is 4.79 Å². The van der Waals surface area contributed by atoms with Crippen molar-refractivity contribution in [1.82, 2.24) is 9.62 Å². The normalized spacial score (nSPS) is 14.8. The summed E-state index contributed by atoms with van der Waals surface area (Å²) in [6.07, 6.45) is 2.28. The van der Waals surface area contributed by atoms with Crippen molar-refractivity contribution in [3.8, 4) is 0 Å². The smallest absolute Gasteiger partial charge is 0.240 e. The Morgan fingerprint density at radius 2 is 1.81 bits per heavy atom. The molecule has 0 aromatic heterocycles. The fraction of sp³-hybridized carbons (Fsp3) is 0.316. The van der Waals surface area contributed by atoms with Gasteiger partial charge in [0, 0.05) is 31.1 Å². The number of halogens is 1. The lowest BCUT2D eigenvalue weighted by molar-refractivity contribution is -0.127. The third kappa shape index (κ3) is 4.63. The van der Waals surface area contributed by atoms with Gasteiger partial charge >= 0.3 is 0 Å². The van der Waals surface area contributed by atoms with E-state index in [4.69, 9.17) is 11.6 Å². The van der Waals surface area contributed by atoms with E-state index in [9.17, 15) is 13.2 Å². The minimum atomic E-state index is -3.60. The lowest BCUT2D eigenvalue weighted by Gasteiger charge is -2.15. The summed E-state index contributed by atoms with van der Waals surface area (Å²) >= 11 is 6.06. The molecule has 1 saturated heterocycles. The number of sulfonamides is 1. The van der Waals surface area contributed by atoms with Gasteiger partial charge in [-0.05, 0) is 42.2 Å². The summed E-state index contributed by atoms with van der Waals surface area (Å²) in [5, 5.41) is 0.530. The molecule has 26 heavy (non-hydrogen) atoms. The molecular weight excluding hydrogens is 372 g/mol. The Balaban J connectivity index is 1.59. The van der Waals surface area contributed by atoms with Crippen molar-refractivity contribution in [3.63, 3.8) is 0 Å². The second kappa shape index (κ2) is 8.20. The van der Waals surface area contributed by atoms with E-state index in [1.54, 1.807) is 42.5 Å². The molecule has 1 N–H and O–H groups in total. The first-order chi connectivity index (χ1) is 12.5. The van der Waals surface area contributed by atoms with Crippen LogP contribution in [0.5, 0.6) is 0 Å². The molecule has 2 aromatic rings. The monoisotopic (exact) mass is 392 g/mol. The largest absolute Gasteiger partial charge is 0.342 e. The third-order valence-electron chi connectivity index (χ3n) is 4.49. The molecule has 0 radical (unpaired) electrons. The van der Waals surface area contributed by atoms with Gasteiger partial charge in [-0.25, -0.2) is 13.1 Å². The molecule has 1 fully saturated rings. The summed E-state index contributed by atoms with van der Waals surface area (Å²) in [7, 11) is -3.60. The first kappa shape index (κ1) is 18.9. The summed E-state index contributed by atoms with van der Waals surface area (Å²) in [6, 6.07) is 13.9. The van der Waals surface area contributed by atoms with Crippen LogP contribution in [0.3, 0.4) is 0 Å². The maximum absolute atomic E-state index is 12.4. The van der Waals surface area contributed by atoms with Crippen molar-refractivity contribution in [2.45, 2.75) is 30.7 Å². The Morgan fingerprint density at radius 3 is 2.46 bits per heavy atom. The number of likely N-dealkylation sites (tertiary alicyclic amines) is 1. The lowest BCUT2D eigenvalue weighted by Crippen LogP contribution is -2.27. The van der Waals surface area contributed by atoms with E-state index in [1.165, 1.54) is 0 Å². The molecule has 0 aliphatic carbocycles. The molecule has 3 rings (SSSR count). The van der Waals surface area contributed by atoms with E-state index in [2.05, 4.69) is 4.72 Å². The van der Waals surface area contributed by atoms with E-state index >= 15 is 0 Å². The Morgan fingerprint density at radius 1 is 1.08 bits per heavy atom. The summed E-state index contributed by atoms with van der Waals surface area (Å²) in [6.45, 7) is 1.63. The minimum Gasteiger partial charge on any atom is -0.342 e. The molecule has 0 saturated carbocycles. The van der Waals surface area contributed by atoms with E-state index < -0.39 is 10.0 Å². The summed E-state index contributed by atoms with van der Waals surface area (Å²) < 4.78 is 27.4. The van der Waals surface area contributed by atoms with E-state index in [0.717, 1.165) is 30.5 Å². The summed E-state index contributed by atoms with van der Waals surface area (Å²) in [5.74, 6) is 0.202. The highest BCUT2D eigenvalue weighted by atomic mass is 35.5. The molecule has 1 amide bonds. The number of nitrogens with zero attached hydrogens (tertiary/aromatic N) is 1. The number of benzene rings is 2. The van der Waals surface area contributed by atoms with Gasteiger partial charge in [0.15, 0.2) is 0 Å². The molecule has 1 heterocycles. The highest BCUT2D eigenvalue weighted by Crippen LogP contribution is 2.17. The van der Waals surface area contributed by atoms with Crippen molar-refractivity contribution in [2.75, 3.05) is 13.1 Å². The average Bonchev–Trinajstić information content (AvgIpc) is 3.05. The van der Waals surface area contributed by atoms with Gasteiger partial charge in [-0.1, -0.05) is 41.9 Å². The molecule has 1 aliphatic heterocycles. The molecule has 2 aromatic carbocycles. The van der Waals surface area contributed by atoms with E-state index in [0.29, 0.717) is 18.0 Å². The van der Waals surface area contributed by atoms with Crippen LogP contribution in [0.25, 0.3) is 0 Å². The predicted molar refractivity (Wildman–Crippen MR) is 101 cm³/mol. The van der Waals surface area contributed by atoms with Gasteiger partial charge in [0.1, 0.15) is 0 Å². The van der Waals surface area contributed by atoms with Gasteiger partial charge in [-0.2, -0.15) is 0 Å². The predicted octanol–water partition coefficient (Wildman–Crippen LogP) is 2.98. The van der Waals surface area contributed by atoms with Crippen molar-refractivity contribution in [1.29, 1.82) is 0 Å². The maximum Gasteiger partial charge on any atom is 0.240 e. The highest BCUT2D eigenvalue weighted by Gasteiger charge is 2.19. The minimum absolute atomic E-state index is 0.140. The average molecular weight is 393 g/mol. The van der Waals surface area contributed by atoms with Gasteiger partial charge in [0.2, 0.25) is 15.9 Å². The van der Waals surface area contributed by atoms with Gasteiger partial charge < -0.3 is 4.90 Å². The quantitative estimate of drug-likeness (QED) is 0.787. The summed E-state index contributed by atoms with van der Waals surface area (Å²) in [5.41, 5.74) is 1.74. The fourth-order valence-corrected chi connectivity index (χ4v) is 4.15. The molecule has 0 unspecified atom stereocenters. The maximum atomic E-state index is 12.4. The van der Waals surface area contributed by atoms with Crippen molar-refractivity contribution >= 4 is 27.5 Å². The second-order valence-corrected chi connectivity index (χ2v) is 8.47. The van der Waals surface area contributed by atoms with Crippen molar-refractivity contribution < 1.29 is 13.2 Å².